The fourth-order valence-corrected chi connectivity index (χ4v) is 3.07. The van der Waals surface area contributed by atoms with Crippen molar-refractivity contribution in [2.45, 2.75) is 17.9 Å². The zero-order valence-electron chi connectivity index (χ0n) is 13.1. The van der Waals surface area contributed by atoms with Gasteiger partial charge in [0, 0.05) is 0 Å². The van der Waals surface area contributed by atoms with Crippen molar-refractivity contribution in [1.29, 1.82) is 0 Å². The first-order chi connectivity index (χ1) is 11.9. The smallest absolute Gasteiger partial charge is 0.307 e. The lowest BCUT2D eigenvalue weighted by molar-refractivity contribution is -0.148. The second-order valence-electron chi connectivity index (χ2n) is 5.04. The first-order valence-corrected chi connectivity index (χ1v) is 8.95. The molecule has 9 heteroatoms. The second kappa shape index (κ2) is 8.43. The summed E-state index contributed by atoms with van der Waals surface area (Å²) < 4.78 is 46.5. The van der Waals surface area contributed by atoms with Crippen LogP contribution in [0.5, 0.6) is 0 Å². The Bertz CT molecular complexity index is 815. The molecule has 0 spiro atoms. The normalized spacial score (nSPS) is 11.1. The van der Waals surface area contributed by atoms with E-state index in [4.69, 9.17) is 9.15 Å². The Labute approximate surface area is 143 Å². The van der Waals surface area contributed by atoms with Gasteiger partial charge < -0.3 is 14.5 Å². The molecule has 0 bridgehead atoms. The number of carbonyl (C=O) groups excluding carboxylic acids is 2. The molecule has 0 saturated carbocycles. The summed E-state index contributed by atoms with van der Waals surface area (Å²) in [5, 5.41) is 2.48. The molecule has 0 fully saturated rings. The Hall–Kier alpha value is -2.68. The van der Waals surface area contributed by atoms with Crippen LogP contribution in [0.4, 0.5) is 4.39 Å². The van der Waals surface area contributed by atoms with Gasteiger partial charge in [-0.25, -0.2) is 12.8 Å². The van der Waals surface area contributed by atoms with E-state index < -0.39 is 46.3 Å². The van der Waals surface area contributed by atoms with Gasteiger partial charge in [0.25, 0.3) is 5.91 Å². The first-order valence-electron chi connectivity index (χ1n) is 7.30. The van der Waals surface area contributed by atoms with Gasteiger partial charge >= 0.3 is 5.97 Å². The Balaban J connectivity index is 1.72. The molecule has 1 aromatic heterocycles. The maximum atomic E-state index is 12.8. The predicted octanol–water partition coefficient (Wildman–Crippen LogP) is 1.44. The fraction of sp³-hybridized carbons (Fsp3) is 0.250. The zero-order valence-corrected chi connectivity index (χ0v) is 13.9. The topological polar surface area (TPSA) is 103 Å². The highest BCUT2D eigenvalue weighted by molar-refractivity contribution is 7.91. The molecular formula is C16H16FNO6S. The van der Waals surface area contributed by atoms with E-state index in [9.17, 15) is 22.4 Å². The van der Waals surface area contributed by atoms with Crippen LogP contribution in [0.1, 0.15) is 12.2 Å². The summed E-state index contributed by atoms with van der Waals surface area (Å²) in [6.07, 6.45) is 1.05. The molecule has 0 saturated heterocycles. The lowest BCUT2D eigenvalue weighted by atomic mass is 10.4. The molecule has 1 aromatic carbocycles. The van der Waals surface area contributed by atoms with E-state index in [1.165, 1.54) is 6.26 Å². The summed E-state index contributed by atoms with van der Waals surface area (Å²) in [6, 6.07) is 7.63. The monoisotopic (exact) mass is 369 g/mol. The summed E-state index contributed by atoms with van der Waals surface area (Å²) in [7, 11) is -3.73. The number of sulfone groups is 1. The van der Waals surface area contributed by atoms with Crippen LogP contribution in [0.25, 0.3) is 0 Å². The number of ether oxygens (including phenoxy) is 1. The summed E-state index contributed by atoms with van der Waals surface area (Å²) in [6.45, 7) is -0.363. The summed E-state index contributed by atoms with van der Waals surface area (Å²) >= 11 is 0. The molecule has 134 valence electrons. The standard InChI is InChI=1S/C16H16FNO6S/c17-12-3-5-14(6-4-12)25(21,22)9-7-16(20)24-11-15(19)18-10-13-2-1-8-23-13/h1-6,8H,7,9-11H2,(H,18,19). The van der Waals surface area contributed by atoms with E-state index in [0.29, 0.717) is 5.76 Å². The number of esters is 1. The molecule has 7 nitrogen and oxygen atoms in total. The lowest BCUT2D eigenvalue weighted by Gasteiger charge is -2.06. The molecule has 1 N–H and O–H groups in total. The number of halogens is 1. The van der Waals surface area contributed by atoms with Crippen molar-refractivity contribution in [3.05, 3.63) is 54.2 Å². The predicted molar refractivity (Wildman–Crippen MR) is 84.6 cm³/mol. The number of furan rings is 1. The molecule has 0 atom stereocenters. The van der Waals surface area contributed by atoms with Crippen molar-refractivity contribution in [2.75, 3.05) is 12.4 Å². The third-order valence-electron chi connectivity index (χ3n) is 3.15. The number of benzene rings is 1. The number of carbonyl (C=O) groups is 2. The Morgan fingerprint density at radius 1 is 1.16 bits per heavy atom. The van der Waals surface area contributed by atoms with E-state index in [-0.39, 0.29) is 11.4 Å². The van der Waals surface area contributed by atoms with Crippen LogP contribution < -0.4 is 5.32 Å². The Morgan fingerprint density at radius 2 is 1.88 bits per heavy atom. The molecule has 2 rings (SSSR count). The maximum Gasteiger partial charge on any atom is 0.307 e. The molecule has 1 amide bonds. The van der Waals surface area contributed by atoms with Gasteiger partial charge in [-0.3, -0.25) is 9.59 Å². The highest BCUT2D eigenvalue weighted by Gasteiger charge is 2.17. The van der Waals surface area contributed by atoms with Crippen molar-refractivity contribution >= 4 is 21.7 Å². The van der Waals surface area contributed by atoms with E-state index in [1.807, 2.05) is 0 Å². The molecule has 2 aromatic rings. The SMILES string of the molecule is O=C(COC(=O)CCS(=O)(=O)c1ccc(F)cc1)NCc1ccco1. The quantitative estimate of drug-likeness (QED) is 0.558. The fourth-order valence-electron chi connectivity index (χ4n) is 1.85. The van der Waals surface area contributed by atoms with E-state index in [1.54, 1.807) is 12.1 Å². The number of rotatable bonds is 8. The van der Waals surface area contributed by atoms with Gasteiger partial charge in [0.2, 0.25) is 0 Å². The third kappa shape index (κ3) is 6.03. The van der Waals surface area contributed by atoms with Gasteiger partial charge in [-0.2, -0.15) is 0 Å². The number of hydrogen-bond acceptors (Lipinski definition) is 6. The van der Waals surface area contributed by atoms with Crippen molar-refractivity contribution in [3.8, 4) is 0 Å². The van der Waals surface area contributed by atoms with Crippen molar-refractivity contribution in [2.24, 2.45) is 0 Å². The van der Waals surface area contributed by atoms with Crippen LogP contribution >= 0.6 is 0 Å². The first kappa shape index (κ1) is 18.7. The molecular weight excluding hydrogens is 353 g/mol. The summed E-state index contributed by atoms with van der Waals surface area (Å²) in [4.78, 5) is 23.0. The van der Waals surface area contributed by atoms with Gasteiger partial charge in [0.1, 0.15) is 11.6 Å². The maximum absolute atomic E-state index is 12.8. The van der Waals surface area contributed by atoms with Gasteiger partial charge in [0.05, 0.1) is 29.9 Å². The van der Waals surface area contributed by atoms with Crippen LogP contribution in [-0.4, -0.2) is 32.7 Å². The minimum atomic E-state index is -3.73. The minimum absolute atomic E-state index is 0.0853. The largest absolute Gasteiger partial charge is 0.467 e. The average molecular weight is 369 g/mol. The third-order valence-corrected chi connectivity index (χ3v) is 4.88. The summed E-state index contributed by atoms with van der Waals surface area (Å²) in [5.41, 5.74) is 0. The Morgan fingerprint density at radius 3 is 2.52 bits per heavy atom. The van der Waals surface area contributed by atoms with Gasteiger partial charge in [-0.1, -0.05) is 0 Å². The second-order valence-corrected chi connectivity index (χ2v) is 7.15. The van der Waals surface area contributed by atoms with Gasteiger partial charge in [-0.15, -0.1) is 0 Å². The molecule has 1 heterocycles. The number of amides is 1. The Kier molecular flexibility index (Phi) is 6.29. The van der Waals surface area contributed by atoms with Crippen LogP contribution in [0, 0.1) is 5.82 Å². The number of nitrogens with one attached hydrogen (secondary N) is 1. The minimum Gasteiger partial charge on any atom is -0.467 e. The van der Waals surface area contributed by atoms with Gasteiger partial charge in [-0.05, 0) is 36.4 Å². The highest BCUT2D eigenvalue weighted by Crippen LogP contribution is 2.13. The van der Waals surface area contributed by atoms with E-state index in [0.717, 1.165) is 24.3 Å². The van der Waals surface area contributed by atoms with Crippen molar-refractivity contribution < 1.29 is 31.6 Å². The van der Waals surface area contributed by atoms with E-state index >= 15 is 0 Å². The van der Waals surface area contributed by atoms with Crippen molar-refractivity contribution in [1.82, 2.24) is 5.32 Å². The molecule has 0 unspecified atom stereocenters. The average Bonchev–Trinajstić information content (AvgIpc) is 3.10. The molecule has 0 aliphatic heterocycles. The highest BCUT2D eigenvalue weighted by atomic mass is 32.2. The molecule has 0 radical (unpaired) electrons. The summed E-state index contributed by atoms with van der Waals surface area (Å²) in [5.74, 6) is -1.86. The molecule has 25 heavy (non-hydrogen) atoms. The van der Waals surface area contributed by atoms with Crippen LogP contribution in [0.15, 0.2) is 52.0 Å². The molecule has 0 aliphatic carbocycles. The van der Waals surface area contributed by atoms with Gasteiger partial charge in [0.15, 0.2) is 16.4 Å². The van der Waals surface area contributed by atoms with Crippen LogP contribution in [0.3, 0.4) is 0 Å². The number of hydrogen-bond donors (Lipinski definition) is 1. The van der Waals surface area contributed by atoms with Crippen LogP contribution in [0.2, 0.25) is 0 Å². The van der Waals surface area contributed by atoms with Crippen LogP contribution in [-0.2, 0) is 30.7 Å². The molecule has 0 aliphatic rings. The van der Waals surface area contributed by atoms with Crippen molar-refractivity contribution in [3.63, 3.8) is 0 Å². The zero-order chi connectivity index (χ0) is 18.3. The van der Waals surface area contributed by atoms with E-state index in [2.05, 4.69) is 5.32 Å². The lowest BCUT2D eigenvalue weighted by Crippen LogP contribution is -2.28.